The quantitative estimate of drug-likeness (QED) is 0.675. The Hall–Kier alpha value is -1.60. The largest absolute Gasteiger partial charge is 0.476 e. The van der Waals surface area contributed by atoms with Gasteiger partial charge in [-0.05, 0) is 25.7 Å². The minimum atomic E-state index is -0.0656. The van der Waals surface area contributed by atoms with E-state index in [1.54, 1.807) is 7.11 Å². The number of hydrogen-bond donors (Lipinski definition) is 2. The molecule has 1 unspecified atom stereocenters. The Bertz CT molecular complexity index is 464. The average molecular weight is 310 g/mol. The van der Waals surface area contributed by atoms with E-state index >= 15 is 0 Å². The molecule has 1 fully saturated rings. The van der Waals surface area contributed by atoms with Crippen LogP contribution >= 0.6 is 0 Å². The van der Waals surface area contributed by atoms with Crippen molar-refractivity contribution in [3.8, 4) is 5.88 Å². The lowest BCUT2D eigenvalue weighted by atomic mass is 10.2. The zero-order chi connectivity index (χ0) is 15.8. The zero-order valence-electron chi connectivity index (χ0n) is 13.4. The van der Waals surface area contributed by atoms with Crippen LogP contribution in [0.5, 0.6) is 5.88 Å². The van der Waals surface area contributed by atoms with Gasteiger partial charge in [0.1, 0.15) is 11.8 Å². The molecule has 124 valence electrons. The SMILES string of the molecule is CCCOc1nc(C2CCCO2)nc(NCCCOC)c1N. The van der Waals surface area contributed by atoms with E-state index in [2.05, 4.69) is 15.3 Å². The molecule has 0 spiro atoms. The Morgan fingerprint density at radius 1 is 1.36 bits per heavy atom. The summed E-state index contributed by atoms with van der Waals surface area (Å²) in [6, 6.07) is 0. The fourth-order valence-corrected chi connectivity index (χ4v) is 2.26. The minimum Gasteiger partial charge on any atom is -0.476 e. The van der Waals surface area contributed by atoms with E-state index in [1.807, 2.05) is 6.92 Å². The highest BCUT2D eigenvalue weighted by molar-refractivity contribution is 5.67. The van der Waals surface area contributed by atoms with Crippen LogP contribution in [0.1, 0.15) is 44.5 Å². The predicted octanol–water partition coefficient (Wildman–Crippen LogP) is 2.15. The number of anilines is 2. The van der Waals surface area contributed by atoms with Crippen LogP contribution in [0, 0.1) is 0 Å². The predicted molar refractivity (Wildman–Crippen MR) is 85.1 cm³/mol. The van der Waals surface area contributed by atoms with Gasteiger partial charge < -0.3 is 25.3 Å². The third-order valence-electron chi connectivity index (χ3n) is 3.41. The van der Waals surface area contributed by atoms with Gasteiger partial charge in [0.2, 0.25) is 5.88 Å². The molecule has 22 heavy (non-hydrogen) atoms. The second-order valence-corrected chi connectivity index (χ2v) is 5.27. The Labute approximate surface area is 131 Å². The Kier molecular flexibility index (Phi) is 6.67. The highest BCUT2D eigenvalue weighted by atomic mass is 16.5. The Balaban J connectivity index is 2.15. The monoisotopic (exact) mass is 310 g/mol. The van der Waals surface area contributed by atoms with Crippen LogP contribution in [0.4, 0.5) is 11.5 Å². The molecule has 0 radical (unpaired) electrons. The molecule has 0 aromatic carbocycles. The highest BCUT2D eigenvalue weighted by Crippen LogP contribution is 2.32. The highest BCUT2D eigenvalue weighted by Gasteiger charge is 2.23. The summed E-state index contributed by atoms with van der Waals surface area (Å²) in [5.41, 5.74) is 6.57. The van der Waals surface area contributed by atoms with Crippen molar-refractivity contribution in [2.45, 2.75) is 38.7 Å². The van der Waals surface area contributed by atoms with Crippen molar-refractivity contribution in [2.24, 2.45) is 0 Å². The summed E-state index contributed by atoms with van der Waals surface area (Å²) in [7, 11) is 1.69. The third-order valence-corrected chi connectivity index (χ3v) is 3.41. The molecule has 2 heterocycles. The summed E-state index contributed by atoms with van der Waals surface area (Å²) in [6.07, 6.45) is 3.67. The molecule has 7 heteroatoms. The smallest absolute Gasteiger partial charge is 0.242 e. The van der Waals surface area contributed by atoms with Gasteiger partial charge in [-0.3, -0.25) is 0 Å². The van der Waals surface area contributed by atoms with E-state index in [-0.39, 0.29) is 6.10 Å². The van der Waals surface area contributed by atoms with Crippen molar-refractivity contribution in [2.75, 3.05) is 44.5 Å². The van der Waals surface area contributed by atoms with Crippen molar-refractivity contribution in [3.05, 3.63) is 5.82 Å². The van der Waals surface area contributed by atoms with Gasteiger partial charge in [0.25, 0.3) is 0 Å². The lowest BCUT2D eigenvalue weighted by molar-refractivity contribution is 0.104. The van der Waals surface area contributed by atoms with Crippen molar-refractivity contribution in [1.82, 2.24) is 9.97 Å². The number of nitrogen functional groups attached to an aromatic ring is 1. The van der Waals surface area contributed by atoms with Gasteiger partial charge in [0.05, 0.1) is 6.61 Å². The summed E-state index contributed by atoms with van der Waals surface area (Å²) >= 11 is 0. The van der Waals surface area contributed by atoms with Crippen molar-refractivity contribution >= 4 is 11.5 Å². The summed E-state index contributed by atoms with van der Waals surface area (Å²) in [4.78, 5) is 8.98. The topological polar surface area (TPSA) is 91.5 Å². The number of nitrogens with two attached hydrogens (primary N) is 1. The van der Waals surface area contributed by atoms with Crippen LogP contribution in [0.2, 0.25) is 0 Å². The molecule has 3 N–H and O–H groups in total. The van der Waals surface area contributed by atoms with Gasteiger partial charge in [-0.15, -0.1) is 0 Å². The first-order chi connectivity index (χ1) is 10.8. The molecule has 7 nitrogen and oxygen atoms in total. The average Bonchev–Trinajstić information content (AvgIpc) is 3.06. The van der Waals surface area contributed by atoms with E-state index < -0.39 is 0 Å². The molecule has 1 aliphatic rings. The van der Waals surface area contributed by atoms with Gasteiger partial charge in [-0.1, -0.05) is 6.92 Å². The fraction of sp³-hybridized carbons (Fsp3) is 0.733. The maximum Gasteiger partial charge on any atom is 0.242 e. The summed E-state index contributed by atoms with van der Waals surface area (Å²) in [5, 5.41) is 3.24. The molecule has 0 aliphatic carbocycles. The van der Waals surface area contributed by atoms with E-state index in [9.17, 15) is 0 Å². The number of nitrogens with one attached hydrogen (secondary N) is 1. The second kappa shape index (κ2) is 8.75. The van der Waals surface area contributed by atoms with Gasteiger partial charge in [0.15, 0.2) is 11.6 Å². The van der Waals surface area contributed by atoms with Crippen LogP contribution < -0.4 is 15.8 Å². The number of hydrogen-bond acceptors (Lipinski definition) is 7. The lowest BCUT2D eigenvalue weighted by Gasteiger charge is -2.16. The van der Waals surface area contributed by atoms with Gasteiger partial charge in [-0.25, -0.2) is 4.98 Å². The standard InChI is InChI=1S/C15H26N4O3/c1-3-8-22-15-12(16)14(17-7-5-9-20-2)18-13(19-15)11-6-4-10-21-11/h11H,3-10,16H2,1-2H3,(H,17,18,19). The fourth-order valence-electron chi connectivity index (χ4n) is 2.26. The van der Waals surface area contributed by atoms with E-state index in [4.69, 9.17) is 19.9 Å². The molecule has 1 aliphatic heterocycles. The second-order valence-electron chi connectivity index (χ2n) is 5.27. The molecule has 2 rings (SSSR count). The number of rotatable bonds is 9. The molecule has 0 amide bonds. The summed E-state index contributed by atoms with van der Waals surface area (Å²) in [6.45, 7) is 4.79. The maximum absolute atomic E-state index is 6.12. The van der Waals surface area contributed by atoms with Crippen LogP contribution in [0.3, 0.4) is 0 Å². The van der Waals surface area contributed by atoms with Crippen molar-refractivity contribution in [3.63, 3.8) is 0 Å². The first kappa shape index (κ1) is 16.8. The number of nitrogens with zero attached hydrogens (tertiary/aromatic N) is 2. The van der Waals surface area contributed by atoms with Crippen molar-refractivity contribution < 1.29 is 14.2 Å². The first-order valence-electron chi connectivity index (χ1n) is 7.90. The van der Waals surface area contributed by atoms with Crippen LogP contribution in [0.25, 0.3) is 0 Å². The molecular formula is C15H26N4O3. The van der Waals surface area contributed by atoms with E-state index in [0.717, 1.165) is 38.8 Å². The Morgan fingerprint density at radius 2 is 2.23 bits per heavy atom. The van der Waals surface area contributed by atoms with E-state index in [1.165, 1.54) is 0 Å². The lowest BCUT2D eigenvalue weighted by Crippen LogP contribution is -2.14. The molecule has 1 aromatic rings. The number of ether oxygens (including phenoxy) is 3. The van der Waals surface area contributed by atoms with Crippen LogP contribution in [0.15, 0.2) is 0 Å². The molecule has 0 saturated carbocycles. The molecule has 0 bridgehead atoms. The third kappa shape index (κ3) is 4.45. The summed E-state index contributed by atoms with van der Waals surface area (Å²) < 4.78 is 16.4. The van der Waals surface area contributed by atoms with Gasteiger partial charge >= 0.3 is 0 Å². The Morgan fingerprint density at radius 3 is 2.91 bits per heavy atom. The van der Waals surface area contributed by atoms with Gasteiger partial charge in [0, 0.05) is 26.9 Å². The molecule has 1 atom stereocenters. The molecule has 1 aromatic heterocycles. The number of methoxy groups -OCH3 is 1. The van der Waals surface area contributed by atoms with Crippen LogP contribution in [-0.4, -0.2) is 43.4 Å². The normalized spacial score (nSPS) is 17.6. The number of aromatic nitrogens is 2. The maximum atomic E-state index is 6.12. The molecular weight excluding hydrogens is 284 g/mol. The zero-order valence-corrected chi connectivity index (χ0v) is 13.4. The molecule has 1 saturated heterocycles. The minimum absolute atomic E-state index is 0.0656. The van der Waals surface area contributed by atoms with Crippen molar-refractivity contribution in [1.29, 1.82) is 0 Å². The van der Waals surface area contributed by atoms with Gasteiger partial charge in [-0.2, -0.15) is 4.98 Å². The van der Waals surface area contributed by atoms with E-state index in [0.29, 0.717) is 36.4 Å². The summed E-state index contributed by atoms with van der Waals surface area (Å²) in [5.74, 6) is 1.70. The first-order valence-corrected chi connectivity index (χ1v) is 7.90. The van der Waals surface area contributed by atoms with Crippen LogP contribution in [-0.2, 0) is 9.47 Å².